The molecule has 1 aromatic rings. The van der Waals surface area contributed by atoms with Gasteiger partial charge in [0.2, 0.25) is 5.75 Å². The molecule has 2 aliphatic rings. The van der Waals surface area contributed by atoms with Gasteiger partial charge in [0.1, 0.15) is 0 Å². The standard InChI is InChI=1S/C18H25N3O3S/c1-22-15-8-12(9-16(23-2)17(15)24-3)10-19-21-18(25)20-14-7-11-4-5-13(14)6-11/h8-11,13-14H,4-7H2,1-3H3,(H2,20,21,25)/b19-10-/t11-,13-,14-/m0/s1. The van der Waals surface area contributed by atoms with Crippen LogP contribution in [0.15, 0.2) is 17.2 Å². The molecule has 2 fully saturated rings. The highest BCUT2D eigenvalue weighted by Crippen LogP contribution is 2.44. The normalized spacial score (nSPS) is 24.4. The third-order valence-electron chi connectivity index (χ3n) is 5.12. The molecule has 0 unspecified atom stereocenters. The Bertz CT molecular complexity index is 640. The average molecular weight is 363 g/mol. The summed E-state index contributed by atoms with van der Waals surface area (Å²) in [5, 5.41) is 8.19. The molecule has 3 atom stereocenters. The molecule has 2 N–H and O–H groups in total. The second-order valence-electron chi connectivity index (χ2n) is 6.58. The Hall–Kier alpha value is -2.02. The van der Waals surface area contributed by atoms with Gasteiger partial charge in [0.05, 0.1) is 27.5 Å². The van der Waals surface area contributed by atoms with Crippen molar-refractivity contribution >= 4 is 23.5 Å². The number of fused-ring (bicyclic) bond motifs is 2. The molecule has 2 saturated carbocycles. The fraction of sp³-hybridized carbons (Fsp3) is 0.556. The summed E-state index contributed by atoms with van der Waals surface area (Å²) in [6, 6.07) is 4.16. The number of rotatable bonds is 6. The molecular formula is C18H25N3O3S. The molecule has 0 heterocycles. The van der Waals surface area contributed by atoms with E-state index < -0.39 is 0 Å². The van der Waals surface area contributed by atoms with Gasteiger partial charge in [0, 0.05) is 11.6 Å². The number of hydrogen-bond donors (Lipinski definition) is 2. The number of thiocarbonyl (C=S) groups is 1. The minimum absolute atomic E-state index is 0.495. The van der Waals surface area contributed by atoms with Gasteiger partial charge in [-0.1, -0.05) is 6.42 Å². The van der Waals surface area contributed by atoms with Crippen LogP contribution in [-0.2, 0) is 0 Å². The van der Waals surface area contributed by atoms with Crippen LogP contribution in [0.4, 0.5) is 0 Å². The number of hydrogen-bond acceptors (Lipinski definition) is 5. The predicted octanol–water partition coefficient (Wildman–Crippen LogP) is 2.70. The van der Waals surface area contributed by atoms with Crippen molar-refractivity contribution in [3.63, 3.8) is 0 Å². The first kappa shape index (κ1) is 17.8. The third kappa shape index (κ3) is 3.98. The van der Waals surface area contributed by atoms with Crippen LogP contribution in [0.1, 0.15) is 31.2 Å². The van der Waals surface area contributed by atoms with E-state index in [9.17, 15) is 0 Å². The van der Waals surface area contributed by atoms with Crippen molar-refractivity contribution in [2.24, 2.45) is 16.9 Å². The molecule has 3 rings (SSSR count). The molecule has 0 amide bonds. The molecule has 1 aromatic carbocycles. The molecule has 2 bridgehead atoms. The molecular weight excluding hydrogens is 338 g/mol. The fourth-order valence-corrected chi connectivity index (χ4v) is 4.17. The lowest BCUT2D eigenvalue weighted by Gasteiger charge is -2.23. The van der Waals surface area contributed by atoms with Crippen molar-refractivity contribution in [1.29, 1.82) is 0 Å². The van der Waals surface area contributed by atoms with E-state index >= 15 is 0 Å². The molecule has 136 valence electrons. The molecule has 6 nitrogen and oxygen atoms in total. The first-order valence-corrected chi connectivity index (χ1v) is 8.95. The fourth-order valence-electron chi connectivity index (χ4n) is 3.96. The highest BCUT2D eigenvalue weighted by atomic mass is 32.1. The highest BCUT2D eigenvalue weighted by Gasteiger charge is 2.39. The van der Waals surface area contributed by atoms with Crippen molar-refractivity contribution in [2.45, 2.75) is 31.7 Å². The molecule has 0 spiro atoms. The first-order chi connectivity index (χ1) is 12.1. The zero-order valence-electron chi connectivity index (χ0n) is 14.9. The van der Waals surface area contributed by atoms with Crippen molar-refractivity contribution < 1.29 is 14.2 Å². The summed E-state index contributed by atoms with van der Waals surface area (Å²) >= 11 is 5.35. The van der Waals surface area contributed by atoms with Gasteiger partial charge in [0.25, 0.3) is 0 Å². The van der Waals surface area contributed by atoms with E-state index in [0.29, 0.717) is 28.4 Å². The maximum atomic E-state index is 5.35. The van der Waals surface area contributed by atoms with Crippen LogP contribution in [0.2, 0.25) is 0 Å². The van der Waals surface area contributed by atoms with Gasteiger partial charge in [-0.3, -0.25) is 5.43 Å². The Kier molecular flexibility index (Phi) is 5.63. The molecule has 0 aromatic heterocycles. The molecule has 25 heavy (non-hydrogen) atoms. The summed E-state index contributed by atoms with van der Waals surface area (Å²) in [4.78, 5) is 0. The number of hydrazone groups is 1. The van der Waals surface area contributed by atoms with Crippen LogP contribution >= 0.6 is 12.2 Å². The number of ether oxygens (including phenoxy) is 3. The highest BCUT2D eigenvalue weighted by molar-refractivity contribution is 7.80. The van der Waals surface area contributed by atoms with E-state index in [1.807, 2.05) is 12.1 Å². The lowest BCUT2D eigenvalue weighted by molar-refractivity contribution is 0.324. The number of methoxy groups -OCH3 is 3. The van der Waals surface area contributed by atoms with Crippen molar-refractivity contribution in [2.75, 3.05) is 21.3 Å². The first-order valence-electron chi connectivity index (χ1n) is 8.54. The monoisotopic (exact) mass is 363 g/mol. The Balaban J connectivity index is 1.59. The SMILES string of the molecule is COc1cc(/C=N\NC(=S)N[C@H]2C[C@H]3CC[C@H]2C3)cc(OC)c1OC. The van der Waals surface area contributed by atoms with Gasteiger partial charge in [0.15, 0.2) is 16.6 Å². The molecule has 7 heteroatoms. The maximum absolute atomic E-state index is 5.35. The van der Waals surface area contributed by atoms with E-state index in [2.05, 4.69) is 15.8 Å². The lowest BCUT2D eigenvalue weighted by atomic mass is 9.96. The zero-order chi connectivity index (χ0) is 17.8. The summed E-state index contributed by atoms with van der Waals surface area (Å²) in [5.74, 6) is 3.39. The average Bonchev–Trinajstić information content (AvgIpc) is 3.23. The van der Waals surface area contributed by atoms with Crippen molar-refractivity contribution in [1.82, 2.24) is 10.7 Å². The third-order valence-corrected chi connectivity index (χ3v) is 5.33. The molecule has 0 aliphatic heterocycles. The van der Waals surface area contributed by atoms with E-state index in [1.165, 1.54) is 25.7 Å². The van der Waals surface area contributed by atoms with Crippen LogP contribution in [-0.4, -0.2) is 38.7 Å². The maximum Gasteiger partial charge on any atom is 0.203 e. The molecule has 0 radical (unpaired) electrons. The summed E-state index contributed by atoms with van der Waals surface area (Å²) in [5.41, 5.74) is 3.72. The summed E-state index contributed by atoms with van der Waals surface area (Å²) in [6.07, 6.45) is 6.94. The largest absolute Gasteiger partial charge is 0.493 e. The van der Waals surface area contributed by atoms with Crippen molar-refractivity contribution in [3.8, 4) is 17.2 Å². The lowest BCUT2D eigenvalue weighted by Crippen LogP contribution is -2.42. The van der Waals surface area contributed by atoms with Crippen molar-refractivity contribution in [3.05, 3.63) is 17.7 Å². The minimum atomic E-state index is 0.495. The van der Waals surface area contributed by atoms with E-state index in [4.69, 9.17) is 26.4 Å². The predicted molar refractivity (Wildman–Crippen MR) is 102 cm³/mol. The van der Waals surface area contributed by atoms with Gasteiger partial charge in [-0.15, -0.1) is 0 Å². The van der Waals surface area contributed by atoms with E-state index in [-0.39, 0.29) is 0 Å². The Morgan fingerprint density at radius 1 is 1.12 bits per heavy atom. The van der Waals surface area contributed by atoms with E-state index in [1.54, 1.807) is 27.5 Å². The van der Waals surface area contributed by atoms with Crippen LogP contribution in [0.3, 0.4) is 0 Å². The molecule has 0 saturated heterocycles. The van der Waals surface area contributed by atoms with Gasteiger partial charge >= 0.3 is 0 Å². The zero-order valence-corrected chi connectivity index (χ0v) is 15.7. The van der Waals surface area contributed by atoms with Crippen LogP contribution < -0.4 is 25.0 Å². The van der Waals surface area contributed by atoms with Crippen LogP contribution in [0, 0.1) is 11.8 Å². The number of nitrogens with zero attached hydrogens (tertiary/aromatic N) is 1. The Morgan fingerprint density at radius 2 is 1.84 bits per heavy atom. The van der Waals surface area contributed by atoms with Gasteiger partial charge in [-0.05, 0) is 55.4 Å². The van der Waals surface area contributed by atoms with Gasteiger partial charge in [-0.2, -0.15) is 5.10 Å². The summed E-state index contributed by atoms with van der Waals surface area (Å²) in [6.45, 7) is 0. The van der Waals surface area contributed by atoms with Gasteiger partial charge in [-0.25, -0.2) is 0 Å². The Labute approximate surface area is 153 Å². The minimum Gasteiger partial charge on any atom is -0.493 e. The summed E-state index contributed by atoms with van der Waals surface area (Å²) < 4.78 is 16.0. The number of nitrogens with one attached hydrogen (secondary N) is 2. The smallest absolute Gasteiger partial charge is 0.203 e. The van der Waals surface area contributed by atoms with Gasteiger partial charge < -0.3 is 19.5 Å². The Morgan fingerprint density at radius 3 is 2.36 bits per heavy atom. The van der Waals surface area contributed by atoms with Crippen LogP contribution in [0.5, 0.6) is 17.2 Å². The topological polar surface area (TPSA) is 64.1 Å². The molecule has 2 aliphatic carbocycles. The summed E-state index contributed by atoms with van der Waals surface area (Å²) in [7, 11) is 4.76. The second kappa shape index (κ2) is 7.91. The quantitative estimate of drug-likeness (QED) is 0.460. The second-order valence-corrected chi connectivity index (χ2v) is 6.99. The van der Waals surface area contributed by atoms with Crippen LogP contribution in [0.25, 0.3) is 0 Å². The number of benzene rings is 1. The van der Waals surface area contributed by atoms with E-state index in [0.717, 1.165) is 17.4 Å².